The number of rotatable bonds is 5. The molecule has 4 nitrogen and oxygen atoms in total. The lowest BCUT2D eigenvalue weighted by molar-refractivity contribution is -0.138. The average molecular weight is 274 g/mol. The van der Waals surface area contributed by atoms with Gasteiger partial charge in [-0.3, -0.25) is 0 Å². The van der Waals surface area contributed by atoms with Gasteiger partial charge in [0.15, 0.2) is 5.13 Å². The summed E-state index contributed by atoms with van der Waals surface area (Å²) >= 11 is 1.45. The van der Waals surface area contributed by atoms with Gasteiger partial charge in [0.2, 0.25) is 0 Å². The van der Waals surface area contributed by atoms with Gasteiger partial charge in [0.1, 0.15) is 6.04 Å². The largest absolute Gasteiger partial charge is 0.480 e. The molecule has 2 aromatic rings. The van der Waals surface area contributed by atoms with Crippen LogP contribution in [0.4, 0.5) is 5.13 Å². The summed E-state index contributed by atoms with van der Waals surface area (Å²) in [7, 11) is 0. The Kier molecular flexibility index (Phi) is 3.21. The van der Waals surface area contributed by atoms with E-state index in [-0.39, 0.29) is 5.92 Å². The van der Waals surface area contributed by atoms with Gasteiger partial charge in [0.05, 0.1) is 5.69 Å². The minimum absolute atomic E-state index is 0.251. The number of aromatic nitrogens is 1. The van der Waals surface area contributed by atoms with Gasteiger partial charge < -0.3 is 10.4 Å². The SMILES string of the molecule is O=C(O)C(Nc1nc(-c2ccccc2)cs1)C1CC1. The smallest absolute Gasteiger partial charge is 0.326 e. The van der Waals surface area contributed by atoms with Crippen LogP contribution in [0.25, 0.3) is 11.3 Å². The summed E-state index contributed by atoms with van der Waals surface area (Å²) in [5.41, 5.74) is 1.93. The molecule has 1 fully saturated rings. The highest BCUT2D eigenvalue weighted by Gasteiger charge is 2.36. The molecule has 0 aliphatic heterocycles. The zero-order chi connectivity index (χ0) is 13.2. The van der Waals surface area contributed by atoms with E-state index < -0.39 is 12.0 Å². The third kappa shape index (κ3) is 2.76. The summed E-state index contributed by atoms with van der Waals surface area (Å²) in [6.07, 6.45) is 1.97. The van der Waals surface area contributed by atoms with Crippen molar-refractivity contribution in [2.24, 2.45) is 5.92 Å². The first-order chi connectivity index (χ1) is 9.24. The second kappa shape index (κ2) is 5.01. The van der Waals surface area contributed by atoms with E-state index in [0.717, 1.165) is 24.1 Å². The molecule has 1 atom stereocenters. The monoisotopic (exact) mass is 274 g/mol. The third-order valence-electron chi connectivity index (χ3n) is 3.21. The minimum Gasteiger partial charge on any atom is -0.480 e. The van der Waals surface area contributed by atoms with Crippen molar-refractivity contribution in [1.29, 1.82) is 0 Å². The van der Waals surface area contributed by atoms with E-state index in [1.807, 2.05) is 35.7 Å². The summed E-state index contributed by atoms with van der Waals surface area (Å²) in [5, 5.41) is 14.8. The van der Waals surface area contributed by atoms with Gasteiger partial charge in [0.25, 0.3) is 0 Å². The van der Waals surface area contributed by atoms with Gasteiger partial charge in [-0.25, -0.2) is 9.78 Å². The van der Waals surface area contributed by atoms with Crippen LogP contribution in [0, 0.1) is 5.92 Å². The number of thiazole rings is 1. The predicted molar refractivity (Wildman–Crippen MR) is 75.3 cm³/mol. The van der Waals surface area contributed by atoms with Crippen LogP contribution in [-0.4, -0.2) is 22.1 Å². The van der Waals surface area contributed by atoms with Crippen molar-refractivity contribution in [1.82, 2.24) is 4.98 Å². The lowest BCUT2D eigenvalue weighted by Gasteiger charge is -2.11. The van der Waals surface area contributed by atoms with Crippen LogP contribution in [0.2, 0.25) is 0 Å². The molecule has 1 saturated carbocycles. The molecule has 1 aromatic carbocycles. The topological polar surface area (TPSA) is 62.2 Å². The number of benzene rings is 1. The lowest BCUT2D eigenvalue weighted by atomic mass is 10.2. The fourth-order valence-electron chi connectivity index (χ4n) is 2.03. The molecule has 1 heterocycles. The Balaban J connectivity index is 1.76. The van der Waals surface area contributed by atoms with Crippen molar-refractivity contribution >= 4 is 22.4 Å². The second-order valence-corrected chi connectivity index (χ2v) is 5.56. The highest BCUT2D eigenvalue weighted by atomic mass is 32.1. The van der Waals surface area contributed by atoms with E-state index in [4.69, 9.17) is 0 Å². The van der Waals surface area contributed by atoms with Crippen molar-refractivity contribution in [2.45, 2.75) is 18.9 Å². The van der Waals surface area contributed by atoms with Gasteiger partial charge in [-0.1, -0.05) is 30.3 Å². The van der Waals surface area contributed by atoms with Crippen molar-refractivity contribution < 1.29 is 9.90 Å². The predicted octanol–water partition coefficient (Wildman–Crippen LogP) is 3.09. The molecular weight excluding hydrogens is 260 g/mol. The van der Waals surface area contributed by atoms with Crippen molar-refractivity contribution in [3.05, 3.63) is 35.7 Å². The minimum atomic E-state index is -0.793. The zero-order valence-electron chi connectivity index (χ0n) is 10.2. The Morgan fingerprint density at radius 2 is 2.11 bits per heavy atom. The Labute approximate surface area is 115 Å². The van der Waals surface area contributed by atoms with Crippen molar-refractivity contribution in [3.63, 3.8) is 0 Å². The Morgan fingerprint density at radius 1 is 1.37 bits per heavy atom. The number of carbonyl (C=O) groups is 1. The number of carboxylic acid groups (broad SMARTS) is 1. The van der Waals surface area contributed by atoms with E-state index in [1.54, 1.807) is 0 Å². The molecule has 2 N–H and O–H groups in total. The first kappa shape index (κ1) is 12.2. The maximum Gasteiger partial charge on any atom is 0.326 e. The molecule has 0 spiro atoms. The molecule has 0 bridgehead atoms. The molecule has 1 aliphatic carbocycles. The number of aliphatic carboxylic acids is 1. The van der Waals surface area contributed by atoms with E-state index in [2.05, 4.69) is 10.3 Å². The highest BCUT2D eigenvalue weighted by molar-refractivity contribution is 7.14. The average Bonchev–Trinajstić information content (AvgIpc) is 3.15. The molecule has 0 amide bonds. The Morgan fingerprint density at radius 3 is 2.74 bits per heavy atom. The van der Waals surface area contributed by atoms with Gasteiger partial charge in [-0.2, -0.15) is 0 Å². The first-order valence-corrected chi connectivity index (χ1v) is 7.12. The Hall–Kier alpha value is -1.88. The van der Waals surface area contributed by atoms with E-state index in [0.29, 0.717) is 5.13 Å². The Bertz CT molecular complexity index is 578. The van der Waals surface area contributed by atoms with Crippen LogP contribution >= 0.6 is 11.3 Å². The molecule has 1 unspecified atom stereocenters. The van der Waals surface area contributed by atoms with Gasteiger partial charge in [0, 0.05) is 10.9 Å². The zero-order valence-corrected chi connectivity index (χ0v) is 11.1. The van der Waals surface area contributed by atoms with Crippen molar-refractivity contribution in [3.8, 4) is 11.3 Å². The summed E-state index contributed by atoms with van der Waals surface area (Å²) < 4.78 is 0. The number of hydrogen-bond acceptors (Lipinski definition) is 4. The number of hydrogen-bond donors (Lipinski definition) is 2. The first-order valence-electron chi connectivity index (χ1n) is 6.24. The molecule has 0 saturated heterocycles. The van der Waals surface area contributed by atoms with Crippen LogP contribution in [0.5, 0.6) is 0 Å². The van der Waals surface area contributed by atoms with E-state index >= 15 is 0 Å². The standard InChI is InChI=1S/C14H14N2O2S/c17-13(18)12(10-6-7-10)16-14-15-11(8-19-14)9-4-2-1-3-5-9/h1-5,8,10,12H,6-7H2,(H,15,16)(H,17,18). The number of carboxylic acids is 1. The third-order valence-corrected chi connectivity index (χ3v) is 3.99. The van der Waals surface area contributed by atoms with E-state index in [1.165, 1.54) is 11.3 Å². The van der Waals surface area contributed by atoms with Crippen LogP contribution < -0.4 is 5.32 Å². The maximum absolute atomic E-state index is 11.2. The van der Waals surface area contributed by atoms with Gasteiger partial charge in [-0.05, 0) is 18.8 Å². The number of anilines is 1. The number of nitrogens with zero attached hydrogens (tertiary/aromatic N) is 1. The van der Waals surface area contributed by atoms with Crippen LogP contribution in [0.1, 0.15) is 12.8 Å². The maximum atomic E-state index is 11.2. The molecular formula is C14H14N2O2S. The highest BCUT2D eigenvalue weighted by Crippen LogP contribution is 2.35. The summed E-state index contributed by atoms with van der Waals surface area (Å²) in [4.78, 5) is 15.6. The molecule has 1 aromatic heterocycles. The molecule has 3 rings (SSSR count). The van der Waals surface area contributed by atoms with Gasteiger partial charge >= 0.3 is 5.97 Å². The van der Waals surface area contributed by atoms with Crippen LogP contribution in [0.15, 0.2) is 35.7 Å². The fourth-order valence-corrected chi connectivity index (χ4v) is 2.78. The fraction of sp³-hybridized carbons (Fsp3) is 0.286. The van der Waals surface area contributed by atoms with Gasteiger partial charge in [-0.15, -0.1) is 11.3 Å². The van der Waals surface area contributed by atoms with Crippen LogP contribution in [-0.2, 0) is 4.79 Å². The normalized spacial score (nSPS) is 16.0. The lowest BCUT2D eigenvalue weighted by Crippen LogP contribution is -2.31. The van der Waals surface area contributed by atoms with E-state index in [9.17, 15) is 9.90 Å². The summed E-state index contributed by atoms with van der Waals surface area (Å²) in [5.74, 6) is -0.541. The molecule has 1 aliphatic rings. The molecule has 0 radical (unpaired) electrons. The quantitative estimate of drug-likeness (QED) is 0.879. The summed E-state index contributed by atoms with van der Waals surface area (Å²) in [6, 6.07) is 9.37. The number of nitrogens with one attached hydrogen (secondary N) is 1. The summed E-state index contributed by atoms with van der Waals surface area (Å²) in [6.45, 7) is 0. The molecule has 19 heavy (non-hydrogen) atoms. The van der Waals surface area contributed by atoms with Crippen molar-refractivity contribution in [2.75, 3.05) is 5.32 Å². The second-order valence-electron chi connectivity index (χ2n) is 4.70. The molecule has 5 heteroatoms. The van der Waals surface area contributed by atoms with Crippen LogP contribution in [0.3, 0.4) is 0 Å². The molecule has 98 valence electrons.